The number of phenolic OH excluding ortho intramolecular Hbond substituents is 1. The van der Waals surface area contributed by atoms with Gasteiger partial charge in [0, 0.05) is 37.6 Å². The van der Waals surface area contributed by atoms with Crippen molar-refractivity contribution in [1.29, 1.82) is 0 Å². The van der Waals surface area contributed by atoms with Gasteiger partial charge < -0.3 is 20.2 Å². The summed E-state index contributed by atoms with van der Waals surface area (Å²) in [5.74, 6) is 0.303. The molecule has 4 nitrogen and oxygen atoms in total. The van der Waals surface area contributed by atoms with Crippen molar-refractivity contribution in [2.45, 2.75) is 13.3 Å². The molecule has 2 aromatic rings. The molecule has 24 heavy (non-hydrogen) atoms. The van der Waals surface area contributed by atoms with Crippen molar-refractivity contribution < 1.29 is 5.11 Å². The minimum Gasteiger partial charge on any atom is -0.508 e. The molecule has 1 heterocycles. The Morgan fingerprint density at radius 2 is 1.71 bits per heavy atom. The van der Waals surface area contributed by atoms with E-state index in [2.05, 4.69) is 40.2 Å². The normalized spacial score (nSPS) is 14.5. The zero-order valence-corrected chi connectivity index (χ0v) is 14.7. The first kappa shape index (κ1) is 16.6. The fourth-order valence-corrected chi connectivity index (χ4v) is 3.27. The summed E-state index contributed by atoms with van der Waals surface area (Å²) in [4.78, 5) is 4.54. The van der Waals surface area contributed by atoms with Crippen LogP contribution in [0.5, 0.6) is 5.75 Å². The van der Waals surface area contributed by atoms with Crippen LogP contribution < -0.4 is 10.2 Å². The average Bonchev–Trinajstić information content (AvgIpc) is 2.63. The summed E-state index contributed by atoms with van der Waals surface area (Å²) in [5.41, 5.74) is 3.52. The fourth-order valence-electron chi connectivity index (χ4n) is 2.98. The molecule has 0 atom stereocenters. The number of phenols is 1. The van der Waals surface area contributed by atoms with Crippen LogP contribution in [0.1, 0.15) is 12.5 Å². The summed E-state index contributed by atoms with van der Waals surface area (Å²) in [5, 5.41) is 13.6. The second-order valence-corrected chi connectivity index (χ2v) is 6.32. The summed E-state index contributed by atoms with van der Waals surface area (Å²) in [6.07, 6.45) is 0.987. The molecular formula is C19H23N3OS. The molecule has 2 N–H and O–H groups in total. The molecule has 0 aliphatic carbocycles. The molecule has 3 rings (SSSR count). The number of anilines is 2. The van der Waals surface area contributed by atoms with Crippen molar-refractivity contribution in [2.75, 3.05) is 36.4 Å². The SMILES string of the molecule is CCc1ccccc1NC(=S)N1CCN(c2ccc(O)cc2)CC1. The second-order valence-electron chi connectivity index (χ2n) is 5.93. The van der Waals surface area contributed by atoms with Gasteiger partial charge in [0.25, 0.3) is 0 Å². The predicted octanol–water partition coefficient (Wildman–Crippen LogP) is 3.47. The van der Waals surface area contributed by atoms with Crippen LogP contribution in [0.3, 0.4) is 0 Å². The Kier molecular flexibility index (Phi) is 5.20. The number of hydrogen-bond acceptors (Lipinski definition) is 3. The maximum Gasteiger partial charge on any atom is 0.173 e. The van der Waals surface area contributed by atoms with Gasteiger partial charge in [0.1, 0.15) is 5.75 Å². The highest BCUT2D eigenvalue weighted by Crippen LogP contribution is 2.21. The first-order chi connectivity index (χ1) is 11.7. The number of benzene rings is 2. The smallest absolute Gasteiger partial charge is 0.173 e. The molecule has 1 aliphatic heterocycles. The molecule has 1 fully saturated rings. The number of para-hydroxylation sites is 1. The van der Waals surface area contributed by atoms with Crippen molar-refractivity contribution in [2.24, 2.45) is 0 Å². The van der Waals surface area contributed by atoms with Crippen molar-refractivity contribution in [1.82, 2.24) is 4.90 Å². The van der Waals surface area contributed by atoms with Gasteiger partial charge in [-0.05, 0) is 54.5 Å². The molecule has 0 unspecified atom stereocenters. The monoisotopic (exact) mass is 341 g/mol. The maximum atomic E-state index is 9.40. The molecule has 126 valence electrons. The van der Waals surface area contributed by atoms with E-state index >= 15 is 0 Å². The third-order valence-electron chi connectivity index (χ3n) is 4.42. The Hall–Kier alpha value is -2.27. The zero-order valence-electron chi connectivity index (χ0n) is 13.9. The molecule has 5 heteroatoms. The van der Waals surface area contributed by atoms with E-state index in [1.165, 1.54) is 5.56 Å². The van der Waals surface area contributed by atoms with Gasteiger partial charge in [-0.25, -0.2) is 0 Å². The van der Waals surface area contributed by atoms with Gasteiger partial charge in [-0.3, -0.25) is 0 Å². The first-order valence-electron chi connectivity index (χ1n) is 8.35. The van der Waals surface area contributed by atoms with Crippen LogP contribution in [0.25, 0.3) is 0 Å². The van der Waals surface area contributed by atoms with E-state index in [0.29, 0.717) is 5.75 Å². The topological polar surface area (TPSA) is 38.7 Å². The highest BCUT2D eigenvalue weighted by molar-refractivity contribution is 7.80. The molecule has 0 aromatic heterocycles. The van der Waals surface area contributed by atoms with Crippen LogP contribution in [-0.2, 0) is 6.42 Å². The highest BCUT2D eigenvalue weighted by Gasteiger charge is 2.19. The largest absolute Gasteiger partial charge is 0.508 e. The number of nitrogens with zero attached hydrogens (tertiary/aromatic N) is 2. The van der Waals surface area contributed by atoms with E-state index in [-0.39, 0.29) is 0 Å². The van der Waals surface area contributed by atoms with Crippen LogP contribution in [0.15, 0.2) is 48.5 Å². The van der Waals surface area contributed by atoms with Crippen LogP contribution in [0.2, 0.25) is 0 Å². The third kappa shape index (κ3) is 3.79. The number of hydrogen-bond donors (Lipinski definition) is 2. The predicted molar refractivity (Wildman–Crippen MR) is 104 cm³/mol. The van der Waals surface area contributed by atoms with E-state index < -0.39 is 0 Å². The Bertz CT molecular complexity index is 694. The Balaban J connectivity index is 1.58. The quantitative estimate of drug-likeness (QED) is 0.837. The summed E-state index contributed by atoms with van der Waals surface area (Å²) in [6.45, 7) is 5.77. The maximum absolute atomic E-state index is 9.40. The number of piperazine rings is 1. The van der Waals surface area contributed by atoms with Gasteiger partial charge in [0.05, 0.1) is 0 Å². The van der Waals surface area contributed by atoms with E-state index in [0.717, 1.165) is 49.1 Å². The molecule has 0 radical (unpaired) electrons. The second kappa shape index (κ2) is 7.53. The minimum absolute atomic E-state index is 0.303. The number of aryl methyl sites for hydroxylation is 1. The Morgan fingerprint density at radius 3 is 2.38 bits per heavy atom. The van der Waals surface area contributed by atoms with E-state index in [4.69, 9.17) is 12.2 Å². The van der Waals surface area contributed by atoms with Crippen molar-refractivity contribution in [3.63, 3.8) is 0 Å². The van der Waals surface area contributed by atoms with Crippen LogP contribution in [-0.4, -0.2) is 41.3 Å². The van der Waals surface area contributed by atoms with E-state index in [1.54, 1.807) is 12.1 Å². The molecule has 0 spiro atoms. The van der Waals surface area contributed by atoms with Gasteiger partial charge in [-0.15, -0.1) is 0 Å². The first-order valence-corrected chi connectivity index (χ1v) is 8.76. The minimum atomic E-state index is 0.303. The Labute approximate surface area is 148 Å². The highest BCUT2D eigenvalue weighted by atomic mass is 32.1. The van der Waals surface area contributed by atoms with Gasteiger partial charge in [0.15, 0.2) is 5.11 Å². The van der Waals surface area contributed by atoms with E-state index in [1.807, 2.05) is 18.2 Å². The van der Waals surface area contributed by atoms with Crippen molar-refractivity contribution in [3.05, 3.63) is 54.1 Å². The molecule has 0 saturated carbocycles. The summed E-state index contributed by atoms with van der Waals surface area (Å²) in [7, 11) is 0. The van der Waals surface area contributed by atoms with Crippen LogP contribution in [0.4, 0.5) is 11.4 Å². The van der Waals surface area contributed by atoms with Crippen molar-refractivity contribution in [3.8, 4) is 5.75 Å². The van der Waals surface area contributed by atoms with Crippen molar-refractivity contribution >= 4 is 28.7 Å². The lowest BCUT2D eigenvalue weighted by Gasteiger charge is -2.37. The summed E-state index contributed by atoms with van der Waals surface area (Å²) < 4.78 is 0. The lowest BCUT2D eigenvalue weighted by atomic mass is 10.1. The van der Waals surface area contributed by atoms with Gasteiger partial charge >= 0.3 is 0 Å². The summed E-state index contributed by atoms with van der Waals surface area (Å²) in [6, 6.07) is 15.7. The standard InChI is InChI=1S/C19H23N3OS/c1-2-15-5-3-4-6-18(15)20-19(24)22-13-11-21(12-14-22)16-7-9-17(23)10-8-16/h3-10,23H,2,11-14H2,1H3,(H,20,24). The number of aromatic hydroxyl groups is 1. The lowest BCUT2D eigenvalue weighted by Crippen LogP contribution is -2.50. The van der Waals surface area contributed by atoms with Gasteiger partial charge in [-0.1, -0.05) is 25.1 Å². The molecule has 0 bridgehead atoms. The average molecular weight is 341 g/mol. The molecule has 1 aliphatic rings. The van der Waals surface area contributed by atoms with Gasteiger partial charge in [-0.2, -0.15) is 0 Å². The lowest BCUT2D eigenvalue weighted by molar-refractivity contribution is 0.391. The van der Waals surface area contributed by atoms with Gasteiger partial charge in [0.2, 0.25) is 0 Å². The van der Waals surface area contributed by atoms with Crippen LogP contribution in [0, 0.1) is 0 Å². The molecule has 2 aromatic carbocycles. The molecule has 1 saturated heterocycles. The number of rotatable bonds is 3. The molecule has 0 amide bonds. The summed E-state index contributed by atoms with van der Waals surface area (Å²) >= 11 is 5.60. The fraction of sp³-hybridized carbons (Fsp3) is 0.316. The number of nitrogens with one attached hydrogen (secondary N) is 1. The van der Waals surface area contributed by atoms with Crippen LogP contribution >= 0.6 is 12.2 Å². The Morgan fingerprint density at radius 1 is 1.04 bits per heavy atom. The number of thiocarbonyl (C=S) groups is 1. The van der Waals surface area contributed by atoms with E-state index in [9.17, 15) is 5.11 Å². The molecular weight excluding hydrogens is 318 g/mol. The zero-order chi connectivity index (χ0) is 16.9. The third-order valence-corrected chi connectivity index (χ3v) is 4.78.